The van der Waals surface area contributed by atoms with E-state index in [0.29, 0.717) is 18.1 Å². The van der Waals surface area contributed by atoms with Crippen molar-refractivity contribution in [2.75, 3.05) is 13.7 Å². The fraction of sp³-hybridized carbons (Fsp3) is 0.429. The van der Waals surface area contributed by atoms with Crippen molar-refractivity contribution in [2.45, 2.75) is 26.2 Å². The Balaban J connectivity index is 2.86. The summed E-state index contributed by atoms with van der Waals surface area (Å²) >= 11 is 0. The smallest absolute Gasteiger partial charge is 0.211 e. The molecule has 0 unspecified atom stereocenters. The number of unbranched alkanes of at least 4 members (excludes halogenated alkanes) is 2. The normalized spacial score (nSPS) is 10.5. The molecule has 0 aromatic heterocycles. The molecule has 1 rings (SSSR count). The molecule has 0 aliphatic heterocycles. The second-order valence-electron chi connectivity index (χ2n) is 4.20. The van der Waals surface area contributed by atoms with Crippen LogP contribution < -0.4 is 20.9 Å². The van der Waals surface area contributed by atoms with Gasteiger partial charge in [0.25, 0.3) is 0 Å². The maximum Gasteiger partial charge on any atom is 0.211 e. The Morgan fingerprint density at radius 1 is 1.30 bits per heavy atom. The number of nitrogens with zero attached hydrogens (tertiary/aromatic N) is 2. The highest BCUT2D eigenvalue weighted by atomic mass is 16.5. The molecule has 0 spiro atoms. The summed E-state index contributed by atoms with van der Waals surface area (Å²) in [6, 6.07) is 5.56. The molecular weight excluding hydrogens is 256 g/mol. The van der Waals surface area contributed by atoms with Crippen LogP contribution in [0.3, 0.4) is 0 Å². The van der Waals surface area contributed by atoms with Crippen molar-refractivity contribution >= 4 is 12.2 Å². The van der Waals surface area contributed by atoms with Crippen molar-refractivity contribution in [3.8, 4) is 11.5 Å². The number of methoxy groups -OCH3 is 1. The van der Waals surface area contributed by atoms with E-state index < -0.39 is 0 Å². The summed E-state index contributed by atoms with van der Waals surface area (Å²) in [5.41, 5.74) is 11.2. The molecular formula is C14H22N4O2. The van der Waals surface area contributed by atoms with Gasteiger partial charge in [0, 0.05) is 5.56 Å². The zero-order chi connectivity index (χ0) is 14.8. The Labute approximate surface area is 119 Å². The highest BCUT2D eigenvalue weighted by Crippen LogP contribution is 2.30. The minimum Gasteiger partial charge on any atom is -0.493 e. The van der Waals surface area contributed by atoms with E-state index in [1.54, 1.807) is 7.11 Å². The van der Waals surface area contributed by atoms with Crippen LogP contribution in [0, 0.1) is 0 Å². The van der Waals surface area contributed by atoms with Gasteiger partial charge in [-0.15, -0.1) is 5.10 Å². The number of guanidine groups is 1. The number of ether oxygens (including phenoxy) is 2. The zero-order valence-electron chi connectivity index (χ0n) is 12.0. The van der Waals surface area contributed by atoms with Gasteiger partial charge in [0.1, 0.15) is 0 Å². The van der Waals surface area contributed by atoms with Crippen molar-refractivity contribution in [1.82, 2.24) is 0 Å². The summed E-state index contributed by atoms with van der Waals surface area (Å²) in [7, 11) is 1.60. The lowest BCUT2D eigenvalue weighted by Gasteiger charge is -2.12. The number of benzene rings is 1. The number of para-hydroxylation sites is 1. The fourth-order valence-corrected chi connectivity index (χ4v) is 1.63. The molecule has 0 saturated carbocycles. The van der Waals surface area contributed by atoms with Crippen LogP contribution in [0.5, 0.6) is 11.5 Å². The summed E-state index contributed by atoms with van der Waals surface area (Å²) < 4.78 is 11.1. The number of nitrogens with two attached hydrogens (primary N) is 2. The molecule has 4 N–H and O–H groups in total. The first-order valence-corrected chi connectivity index (χ1v) is 6.60. The van der Waals surface area contributed by atoms with E-state index in [0.717, 1.165) is 24.8 Å². The Hall–Kier alpha value is -2.24. The van der Waals surface area contributed by atoms with Gasteiger partial charge in [0.2, 0.25) is 5.96 Å². The van der Waals surface area contributed by atoms with Gasteiger partial charge in [0.15, 0.2) is 11.5 Å². The van der Waals surface area contributed by atoms with Crippen LogP contribution in [0.15, 0.2) is 28.4 Å². The molecule has 0 saturated heterocycles. The molecule has 0 fully saturated rings. The molecule has 1 aromatic rings. The number of rotatable bonds is 8. The average Bonchev–Trinajstić information content (AvgIpc) is 2.44. The Morgan fingerprint density at radius 3 is 2.75 bits per heavy atom. The monoisotopic (exact) mass is 278 g/mol. The predicted octanol–water partition coefficient (Wildman–Crippen LogP) is 1.87. The molecule has 6 nitrogen and oxygen atoms in total. The largest absolute Gasteiger partial charge is 0.493 e. The first kappa shape index (κ1) is 15.8. The standard InChI is InChI=1S/C14H22N4O2/c1-3-4-5-9-20-13-11(10-17-18-14(15)16)7-6-8-12(13)19-2/h6-8,10H,3-5,9H2,1-2H3,(H4,15,16,18). The van der Waals surface area contributed by atoms with Gasteiger partial charge < -0.3 is 20.9 Å². The zero-order valence-corrected chi connectivity index (χ0v) is 12.0. The Morgan fingerprint density at radius 2 is 2.10 bits per heavy atom. The van der Waals surface area contributed by atoms with Gasteiger partial charge in [-0.1, -0.05) is 25.8 Å². The van der Waals surface area contributed by atoms with Crippen LogP contribution in [-0.2, 0) is 0 Å². The summed E-state index contributed by atoms with van der Waals surface area (Å²) in [4.78, 5) is 0. The first-order valence-electron chi connectivity index (χ1n) is 6.60. The van der Waals surface area contributed by atoms with Gasteiger partial charge in [-0.05, 0) is 18.6 Å². The second-order valence-corrected chi connectivity index (χ2v) is 4.20. The van der Waals surface area contributed by atoms with Crippen LogP contribution in [0.2, 0.25) is 0 Å². The van der Waals surface area contributed by atoms with Crippen LogP contribution in [-0.4, -0.2) is 25.9 Å². The van der Waals surface area contributed by atoms with Crippen molar-refractivity contribution in [2.24, 2.45) is 21.7 Å². The maximum absolute atomic E-state index is 5.79. The number of hydrogen-bond acceptors (Lipinski definition) is 4. The number of hydrogen-bond donors (Lipinski definition) is 2. The molecule has 20 heavy (non-hydrogen) atoms. The quantitative estimate of drug-likeness (QED) is 0.328. The highest BCUT2D eigenvalue weighted by molar-refractivity contribution is 5.86. The molecule has 0 aliphatic rings. The second kappa shape index (κ2) is 8.79. The molecule has 0 aliphatic carbocycles. The summed E-state index contributed by atoms with van der Waals surface area (Å²) in [5.74, 6) is 1.23. The maximum atomic E-state index is 5.79. The highest BCUT2D eigenvalue weighted by Gasteiger charge is 2.08. The lowest BCUT2D eigenvalue weighted by molar-refractivity contribution is 0.285. The molecule has 0 amide bonds. The average molecular weight is 278 g/mol. The van der Waals surface area contributed by atoms with Crippen LogP contribution in [0.4, 0.5) is 0 Å². The van der Waals surface area contributed by atoms with E-state index in [-0.39, 0.29) is 5.96 Å². The SMILES string of the molecule is CCCCCOc1c(C=NN=C(N)N)cccc1OC. The van der Waals surface area contributed by atoms with Crippen molar-refractivity contribution < 1.29 is 9.47 Å². The summed E-state index contributed by atoms with van der Waals surface area (Å²) in [6.07, 6.45) is 4.82. The van der Waals surface area contributed by atoms with Gasteiger partial charge in [-0.25, -0.2) is 0 Å². The third kappa shape index (κ3) is 5.17. The summed E-state index contributed by atoms with van der Waals surface area (Å²) in [6.45, 7) is 2.79. The van der Waals surface area contributed by atoms with Gasteiger partial charge in [-0.2, -0.15) is 5.10 Å². The van der Waals surface area contributed by atoms with E-state index in [9.17, 15) is 0 Å². The molecule has 0 radical (unpaired) electrons. The third-order valence-electron chi connectivity index (χ3n) is 2.59. The van der Waals surface area contributed by atoms with Gasteiger partial charge in [0.05, 0.1) is 19.9 Å². The minimum absolute atomic E-state index is 0.0884. The van der Waals surface area contributed by atoms with Crippen LogP contribution in [0.25, 0.3) is 0 Å². The molecule has 6 heteroatoms. The fourth-order valence-electron chi connectivity index (χ4n) is 1.63. The van der Waals surface area contributed by atoms with Crippen molar-refractivity contribution in [1.29, 1.82) is 0 Å². The van der Waals surface area contributed by atoms with E-state index in [2.05, 4.69) is 17.1 Å². The van der Waals surface area contributed by atoms with Gasteiger partial charge in [-0.3, -0.25) is 0 Å². The molecule has 1 aromatic carbocycles. The molecule has 0 atom stereocenters. The van der Waals surface area contributed by atoms with Crippen LogP contribution in [0.1, 0.15) is 31.7 Å². The van der Waals surface area contributed by atoms with Gasteiger partial charge >= 0.3 is 0 Å². The third-order valence-corrected chi connectivity index (χ3v) is 2.59. The topological polar surface area (TPSA) is 95.2 Å². The minimum atomic E-state index is -0.0884. The predicted molar refractivity (Wildman–Crippen MR) is 81.4 cm³/mol. The molecule has 0 heterocycles. The van der Waals surface area contributed by atoms with E-state index >= 15 is 0 Å². The van der Waals surface area contributed by atoms with E-state index in [1.165, 1.54) is 6.21 Å². The lowest BCUT2D eigenvalue weighted by atomic mass is 10.2. The summed E-state index contributed by atoms with van der Waals surface area (Å²) in [5, 5.41) is 7.37. The Bertz CT molecular complexity index is 468. The van der Waals surface area contributed by atoms with E-state index in [1.807, 2.05) is 18.2 Å². The van der Waals surface area contributed by atoms with Crippen molar-refractivity contribution in [3.05, 3.63) is 23.8 Å². The first-order chi connectivity index (χ1) is 9.69. The van der Waals surface area contributed by atoms with Crippen LogP contribution >= 0.6 is 0 Å². The Kier molecular flexibility index (Phi) is 6.95. The van der Waals surface area contributed by atoms with E-state index in [4.69, 9.17) is 20.9 Å². The molecule has 110 valence electrons. The van der Waals surface area contributed by atoms with Crippen molar-refractivity contribution in [3.63, 3.8) is 0 Å². The lowest BCUT2D eigenvalue weighted by Crippen LogP contribution is -2.21. The molecule has 0 bridgehead atoms.